The van der Waals surface area contributed by atoms with Gasteiger partial charge in [-0.25, -0.2) is 0 Å². The lowest BCUT2D eigenvalue weighted by Crippen LogP contribution is -2.27. The van der Waals surface area contributed by atoms with Crippen LogP contribution < -0.4 is 5.32 Å². The zero-order chi connectivity index (χ0) is 15.5. The Kier molecular flexibility index (Phi) is 3.88. The number of aromatic amines is 1. The first-order valence-electron chi connectivity index (χ1n) is 6.53. The number of carbonyl (C=O) groups excluding carboxylic acids is 1. The van der Waals surface area contributed by atoms with E-state index in [2.05, 4.69) is 25.7 Å². The summed E-state index contributed by atoms with van der Waals surface area (Å²) < 4.78 is 5.21. The molecule has 0 aliphatic carbocycles. The maximum absolute atomic E-state index is 11.9. The summed E-state index contributed by atoms with van der Waals surface area (Å²) in [6.07, 6.45) is 1.51. The number of nitrogens with zero attached hydrogens (tertiary/aromatic N) is 3. The van der Waals surface area contributed by atoms with Gasteiger partial charge in [-0.2, -0.15) is 10.1 Å². The molecule has 0 saturated carbocycles. The maximum Gasteiger partial charge on any atom is 0.269 e. The summed E-state index contributed by atoms with van der Waals surface area (Å²) in [6, 6.07) is 8.23. The normalized spacial score (nSPS) is 12.1. The third-order valence-corrected chi connectivity index (χ3v) is 3.27. The van der Waals surface area contributed by atoms with Gasteiger partial charge in [-0.15, -0.1) is 0 Å². The fourth-order valence-corrected chi connectivity index (χ4v) is 1.97. The number of nitrogens with one attached hydrogen (secondary N) is 2. The maximum atomic E-state index is 11.9. The molecule has 0 aliphatic heterocycles. The minimum atomic E-state index is -0.402. The van der Waals surface area contributed by atoms with E-state index < -0.39 is 6.04 Å². The zero-order valence-electron chi connectivity index (χ0n) is 11.6. The predicted molar refractivity (Wildman–Crippen MR) is 79.2 cm³/mol. The molecular formula is C14H12ClN5O2. The molecular weight excluding hydrogens is 306 g/mol. The third-order valence-electron chi connectivity index (χ3n) is 3.01. The Labute approximate surface area is 130 Å². The van der Waals surface area contributed by atoms with E-state index in [4.69, 9.17) is 16.1 Å². The van der Waals surface area contributed by atoms with Crippen molar-refractivity contribution in [3.05, 3.63) is 53.1 Å². The molecule has 1 aromatic carbocycles. The van der Waals surface area contributed by atoms with Crippen LogP contribution in [0.2, 0.25) is 5.02 Å². The number of aromatic nitrogens is 4. The number of H-pyrrole nitrogens is 1. The van der Waals surface area contributed by atoms with Crippen molar-refractivity contribution in [2.45, 2.75) is 13.0 Å². The zero-order valence-corrected chi connectivity index (χ0v) is 12.3. The molecule has 8 heteroatoms. The van der Waals surface area contributed by atoms with Gasteiger partial charge in [0.05, 0.1) is 6.04 Å². The monoisotopic (exact) mass is 317 g/mol. The Morgan fingerprint density at radius 3 is 2.77 bits per heavy atom. The molecule has 3 aromatic rings. The lowest BCUT2D eigenvalue weighted by atomic mass is 10.2. The molecule has 0 unspecified atom stereocenters. The molecule has 0 radical (unpaired) electrons. The van der Waals surface area contributed by atoms with Gasteiger partial charge in [-0.1, -0.05) is 16.8 Å². The van der Waals surface area contributed by atoms with E-state index in [0.717, 1.165) is 5.56 Å². The second-order valence-electron chi connectivity index (χ2n) is 4.63. The highest BCUT2D eigenvalue weighted by atomic mass is 35.5. The Bertz CT molecular complexity index is 767. The van der Waals surface area contributed by atoms with E-state index in [1.807, 2.05) is 0 Å². The molecule has 22 heavy (non-hydrogen) atoms. The number of benzene rings is 1. The topological polar surface area (TPSA) is 96.7 Å². The number of carbonyl (C=O) groups is 1. The predicted octanol–water partition coefficient (Wildman–Crippen LogP) is 2.60. The van der Waals surface area contributed by atoms with Crippen LogP contribution in [0.25, 0.3) is 11.5 Å². The molecule has 0 spiro atoms. The van der Waals surface area contributed by atoms with Gasteiger partial charge in [0.1, 0.15) is 5.69 Å². The number of halogens is 1. The van der Waals surface area contributed by atoms with Gasteiger partial charge in [0.2, 0.25) is 0 Å². The highest BCUT2D eigenvalue weighted by molar-refractivity contribution is 6.30. The van der Waals surface area contributed by atoms with Crippen molar-refractivity contribution in [2.24, 2.45) is 0 Å². The largest absolute Gasteiger partial charge is 0.341 e. The summed E-state index contributed by atoms with van der Waals surface area (Å²) in [6.45, 7) is 1.77. The Morgan fingerprint density at radius 2 is 2.09 bits per heavy atom. The van der Waals surface area contributed by atoms with Crippen molar-refractivity contribution in [1.82, 2.24) is 25.7 Å². The van der Waals surface area contributed by atoms with Gasteiger partial charge in [0.25, 0.3) is 11.8 Å². The van der Waals surface area contributed by atoms with Crippen LogP contribution in [0.3, 0.4) is 0 Å². The Hall–Kier alpha value is -2.67. The highest BCUT2D eigenvalue weighted by Crippen LogP contribution is 2.21. The smallest absolute Gasteiger partial charge is 0.269 e. The van der Waals surface area contributed by atoms with Crippen molar-refractivity contribution in [1.29, 1.82) is 0 Å². The minimum absolute atomic E-state index is 0.289. The summed E-state index contributed by atoms with van der Waals surface area (Å²) in [5, 5.41) is 13.6. The molecule has 1 atom stereocenters. The van der Waals surface area contributed by atoms with E-state index >= 15 is 0 Å². The molecule has 112 valence electrons. The minimum Gasteiger partial charge on any atom is -0.341 e. The van der Waals surface area contributed by atoms with E-state index in [1.165, 1.54) is 6.20 Å². The summed E-state index contributed by atoms with van der Waals surface area (Å²) in [4.78, 5) is 16.2. The van der Waals surface area contributed by atoms with Gasteiger partial charge in [-0.05, 0) is 37.3 Å². The molecule has 3 rings (SSSR count). The van der Waals surface area contributed by atoms with Gasteiger partial charge < -0.3 is 9.84 Å². The summed E-state index contributed by atoms with van der Waals surface area (Å²) in [5.74, 6) is 0.468. The van der Waals surface area contributed by atoms with Crippen molar-refractivity contribution in [2.75, 3.05) is 0 Å². The van der Waals surface area contributed by atoms with Crippen LogP contribution in [-0.4, -0.2) is 26.2 Å². The van der Waals surface area contributed by atoms with Crippen LogP contribution in [0.15, 0.2) is 41.1 Å². The van der Waals surface area contributed by atoms with E-state index in [1.54, 1.807) is 37.3 Å². The fourth-order valence-electron chi connectivity index (χ4n) is 1.84. The number of rotatable bonds is 4. The first-order valence-corrected chi connectivity index (χ1v) is 6.91. The molecule has 0 bridgehead atoms. The molecule has 0 saturated heterocycles. The van der Waals surface area contributed by atoms with Crippen LogP contribution in [-0.2, 0) is 0 Å². The van der Waals surface area contributed by atoms with Gasteiger partial charge >= 0.3 is 0 Å². The number of hydrogen-bond donors (Lipinski definition) is 2. The van der Waals surface area contributed by atoms with Crippen molar-refractivity contribution < 1.29 is 9.32 Å². The van der Waals surface area contributed by atoms with E-state index in [-0.39, 0.29) is 5.91 Å². The summed E-state index contributed by atoms with van der Waals surface area (Å²) in [5.41, 5.74) is 1.13. The average molecular weight is 318 g/mol. The van der Waals surface area contributed by atoms with Crippen LogP contribution in [0.5, 0.6) is 0 Å². The van der Waals surface area contributed by atoms with Crippen molar-refractivity contribution in [3.63, 3.8) is 0 Å². The molecule has 7 nitrogen and oxygen atoms in total. The van der Waals surface area contributed by atoms with Gasteiger partial charge in [-0.3, -0.25) is 9.89 Å². The Morgan fingerprint density at radius 1 is 1.32 bits per heavy atom. The first kappa shape index (κ1) is 14.3. The number of hydrogen-bond acceptors (Lipinski definition) is 5. The van der Waals surface area contributed by atoms with Crippen LogP contribution >= 0.6 is 11.6 Å². The summed E-state index contributed by atoms with van der Waals surface area (Å²) in [7, 11) is 0. The molecule has 0 fully saturated rings. The van der Waals surface area contributed by atoms with Crippen molar-refractivity contribution in [3.8, 4) is 11.5 Å². The lowest BCUT2D eigenvalue weighted by molar-refractivity contribution is 0.0933. The lowest BCUT2D eigenvalue weighted by Gasteiger charge is -2.08. The first-order chi connectivity index (χ1) is 10.6. The molecule has 2 aromatic heterocycles. The quantitative estimate of drug-likeness (QED) is 0.771. The fraction of sp³-hybridized carbons (Fsp3) is 0.143. The highest BCUT2D eigenvalue weighted by Gasteiger charge is 2.18. The van der Waals surface area contributed by atoms with Crippen LogP contribution in [0, 0.1) is 0 Å². The Balaban J connectivity index is 1.73. The molecule has 0 aliphatic rings. The van der Waals surface area contributed by atoms with Gasteiger partial charge in [0, 0.05) is 16.8 Å². The molecule has 2 N–H and O–H groups in total. The second kappa shape index (κ2) is 5.98. The summed E-state index contributed by atoms with van der Waals surface area (Å²) >= 11 is 5.84. The molecule has 1 amide bonds. The average Bonchev–Trinajstić information content (AvgIpc) is 3.20. The standard InChI is InChI=1S/C14H12ClN5O2/c1-8(17-13(21)11-6-7-16-19-11)12-18-14(22-20-12)9-2-4-10(15)5-3-9/h2-8H,1H3,(H,16,19)(H,17,21)/t8-/m1/s1. The van der Waals surface area contributed by atoms with Crippen LogP contribution in [0.4, 0.5) is 0 Å². The third kappa shape index (κ3) is 2.99. The number of amides is 1. The SMILES string of the molecule is C[C@@H](NC(=O)c1ccn[nH]1)c1noc(-c2ccc(Cl)cc2)n1. The van der Waals surface area contributed by atoms with E-state index in [9.17, 15) is 4.79 Å². The van der Waals surface area contributed by atoms with E-state index in [0.29, 0.717) is 22.4 Å². The molecule has 2 heterocycles. The second-order valence-corrected chi connectivity index (χ2v) is 5.07. The van der Waals surface area contributed by atoms with Crippen molar-refractivity contribution >= 4 is 17.5 Å². The van der Waals surface area contributed by atoms with Crippen LogP contribution in [0.1, 0.15) is 29.3 Å². The van der Waals surface area contributed by atoms with Gasteiger partial charge in [0.15, 0.2) is 5.82 Å².